The molecule has 58 valence electrons. The van der Waals surface area contributed by atoms with Gasteiger partial charge in [0.2, 0.25) is 5.66 Å². The van der Waals surface area contributed by atoms with Crippen molar-refractivity contribution in [3.63, 3.8) is 0 Å². The van der Waals surface area contributed by atoms with Crippen molar-refractivity contribution < 1.29 is 9.09 Å². The Kier molecular flexibility index (Phi) is 6.75. The van der Waals surface area contributed by atoms with E-state index in [4.69, 9.17) is 10.9 Å². The highest BCUT2D eigenvalue weighted by Gasteiger charge is 2.09. The van der Waals surface area contributed by atoms with Gasteiger partial charge in [-0.15, -0.1) is 16.9 Å². The molecular weight excluding hydrogens is 159 g/mol. The molecule has 0 aromatic carbocycles. The van der Waals surface area contributed by atoms with Crippen LogP contribution in [0.4, 0.5) is 0 Å². The fourth-order valence-electron chi connectivity index (χ4n) is 0.405. The Labute approximate surface area is 68.2 Å². The van der Waals surface area contributed by atoms with Crippen LogP contribution in [-0.2, 0) is 9.09 Å². The van der Waals surface area contributed by atoms with E-state index >= 15 is 0 Å². The van der Waals surface area contributed by atoms with Gasteiger partial charge in [0.05, 0.1) is 0 Å². The Hall–Kier alpha value is -0.820. The van der Waals surface area contributed by atoms with E-state index in [-0.39, 0.29) is 0 Å². The van der Waals surface area contributed by atoms with Crippen LogP contribution < -0.4 is 0 Å². The third-order valence-electron chi connectivity index (χ3n) is 0.811. The molecule has 0 aromatic heterocycles. The molecule has 0 radical (unpaired) electrons. The first-order valence-corrected chi connectivity index (χ1v) is 4.51. The molecule has 2 nitrogen and oxygen atoms in total. The molecule has 0 amide bonds. The van der Waals surface area contributed by atoms with Gasteiger partial charge in [0, 0.05) is 12.8 Å². The molecule has 1 atom stereocenters. The second kappa shape index (κ2) is 7.29. The fraction of sp³-hybridized carbons (Fsp3) is 0.500. The van der Waals surface area contributed by atoms with E-state index in [1.807, 2.05) is 0 Å². The van der Waals surface area contributed by atoms with Crippen molar-refractivity contribution in [3.8, 4) is 23.9 Å². The molecule has 0 fully saturated rings. The lowest BCUT2D eigenvalue weighted by Crippen LogP contribution is -1.73. The summed E-state index contributed by atoms with van der Waals surface area (Å²) in [6, 6.07) is 0. The highest BCUT2D eigenvalue weighted by molar-refractivity contribution is 7.45. The summed E-state index contributed by atoms with van der Waals surface area (Å²) >= 11 is 0. The lowest BCUT2D eigenvalue weighted by molar-refractivity contribution is 0.358. The molecule has 0 aliphatic heterocycles. The summed E-state index contributed by atoms with van der Waals surface area (Å²) in [6.45, 7) is 2.20. The fourth-order valence-corrected chi connectivity index (χ4v) is 0.945. The second-order valence-electron chi connectivity index (χ2n) is 1.67. The predicted molar refractivity (Wildman–Crippen MR) is 45.1 cm³/mol. The summed E-state index contributed by atoms with van der Waals surface area (Å²) in [5, 5.41) is 0. The zero-order valence-corrected chi connectivity index (χ0v) is 7.36. The van der Waals surface area contributed by atoms with Gasteiger partial charge in [-0.2, -0.15) is 0 Å². The standard InChI is InChI=1S/C8H10O2P/c1-3-5-6-7-8-11(9)10-4-2/h1H,4-6H2,2H3/q+1. The van der Waals surface area contributed by atoms with E-state index in [2.05, 4.69) is 17.5 Å². The summed E-state index contributed by atoms with van der Waals surface area (Å²) < 4.78 is 15.4. The molecule has 0 spiro atoms. The van der Waals surface area contributed by atoms with Gasteiger partial charge >= 0.3 is 8.03 Å². The minimum Gasteiger partial charge on any atom is -0.135 e. The molecule has 0 N–H and O–H groups in total. The van der Waals surface area contributed by atoms with Crippen LogP contribution in [0.2, 0.25) is 0 Å². The molecule has 3 heteroatoms. The van der Waals surface area contributed by atoms with Crippen LogP contribution in [-0.4, -0.2) is 6.61 Å². The number of terminal acetylenes is 1. The molecule has 0 saturated carbocycles. The Morgan fingerprint density at radius 1 is 1.55 bits per heavy atom. The highest BCUT2D eigenvalue weighted by atomic mass is 31.1. The number of hydrogen-bond donors (Lipinski definition) is 0. The predicted octanol–water partition coefficient (Wildman–Crippen LogP) is 2.14. The van der Waals surface area contributed by atoms with Gasteiger partial charge in [0.1, 0.15) is 6.61 Å². The Bertz CT molecular complexity index is 216. The first kappa shape index (κ1) is 10.2. The maximum atomic E-state index is 10.7. The molecule has 0 aromatic rings. The minimum atomic E-state index is -1.78. The van der Waals surface area contributed by atoms with Crippen LogP contribution in [0.25, 0.3) is 0 Å². The lowest BCUT2D eigenvalue weighted by atomic mass is 10.3. The van der Waals surface area contributed by atoms with Crippen LogP contribution in [0, 0.1) is 23.9 Å². The van der Waals surface area contributed by atoms with Crippen molar-refractivity contribution in [1.29, 1.82) is 0 Å². The Balaban J connectivity index is 3.53. The number of hydrogen-bond acceptors (Lipinski definition) is 2. The van der Waals surface area contributed by atoms with Crippen molar-refractivity contribution in [2.24, 2.45) is 0 Å². The molecule has 0 saturated heterocycles. The second-order valence-corrected chi connectivity index (χ2v) is 2.66. The lowest BCUT2D eigenvalue weighted by Gasteiger charge is -1.74. The van der Waals surface area contributed by atoms with Gasteiger partial charge in [-0.25, -0.2) is 0 Å². The monoisotopic (exact) mass is 169 g/mol. The molecule has 0 bridgehead atoms. The quantitative estimate of drug-likeness (QED) is 0.367. The van der Waals surface area contributed by atoms with Crippen molar-refractivity contribution in [3.05, 3.63) is 0 Å². The zero-order valence-electron chi connectivity index (χ0n) is 6.46. The average Bonchev–Trinajstić information content (AvgIpc) is 1.99. The van der Waals surface area contributed by atoms with Gasteiger partial charge in [-0.3, -0.25) is 0 Å². The van der Waals surface area contributed by atoms with Crippen molar-refractivity contribution in [2.75, 3.05) is 6.61 Å². The van der Waals surface area contributed by atoms with Gasteiger partial charge in [0.15, 0.2) is 0 Å². The van der Waals surface area contributed by atoms with E-state index in [1.54, 1.807) is 6.92 Å². The van der Waals surface area contributed by atoms with Crippen LogP contribution in [0.3, 0.4) is 0 Å². The van der Waals surface area contributed by atoms with Crippen molar-refractivity contribution >= 4 is 8.03 Å². The molecule has 0 heterocycles. The molecule has 0 aliphatic rings. The maximum Gasteiger partial charge on any atom is 0.603 e. The number of rotatable bonds is 3. The van der Waals surface area contributed by atoms with E-state index in [0.29, 0.717) is 19.4 Å². The third-order valence-corrected chi connectivity index (χ3v) is 1.64. The SMILES string of the molecule is C#CCCC#C[P+](=O)OCC. The molecular formula is C8H10O2P+. The van der Waals surface area contributed by atoms with Crippen LogP contribution in [0.1, 0.15) is 19.8 Å². The highest BCUT2D eigenvalue weighted by Crippen LogP contribution is 2.18. The van der Waals surface area contributed by atoms with Gasteiger partial charge < -0.3 is 0 Å². The van der Waals surface area contributed by atoms with Crippen LogP contribution in [0.5, 0.6) is 0 Å². The largest absolute Gasteiger partial charge is 0.603 e. The summed E-state index contributed by atoms with van der Waals surface area (Å²) in [4.78, 5) is 0. The van der Waals surface area contributed by atoms with Crippen LogP contribution in [0.15, 0.2) is 0 Å². The maximum absolute atomic E-state index is 10.7. The minimum absolute atomic E-state index is 0.430. The smallest absolute Gasteiger partial charge is 0.135 e. The Morgan fingerprint density at radius 2 is 2.27 bits per heavy atom. The van der Waals surface area contributed by atoms with Gasteiger partial charge in [0.25, 0.3) is 0 Å². The topological polar surface area (TPSA) is 26.3 Å². The van der Waals surface area contributed by atoms with E-state index in [0.717, 1.165) is 0 Å². The van der Waals surface area contributed by atoms with Crippen LogP contribution >= 0.6 is 8.03 Å². The zero-order chi connectivity index (χ0) is 8.53. The first-order chi connectivity index (χ1) is 5.31. The average molecular weight is 169 g/mol. The molecule has 11 heavy (non-hydrogen) atoms. The first-order valence-electron chi connectivity index (χ1n) is 3.33. The van der Waals surface area contributed by atoms with E-state index in [9.17, 15) is 4.57 Å². The molecule has 0 rings (SSSR count). The number of unbranched alkanes of at least 4 members (excludes halogenated alkanes) is 1. The summed E-state index contributed by atoms with van der Waals surface area (Å²) in [6.07, 6.45) is 6.17. The van der Waals surface area contributed by atoms with Crippen molar-refractivity contribution in [1.82, 2.24) is 0 Å². The van der Waals surface area contributed by atoms with Gasteiger partial charge in [-0.1, -0.05) is 0 Å². The third kappa shape index (κ3) is 7.07. The van der Waals surface area contributed by atoms with Gasteiger partial charge in [-0.05, 0) is 17.4 Å². The van der Waals surface area contributed by atoms with Crippen molar-refractivity contribution in [2.45, 2.75) is 19.8 Å². The summed E-state index contributed by atoms with van der Waals surface area (Å²) in [7, 11) is -1.78. The summed E-state index contributed by atoms with van der Waals surface area (Å²) in [5.74, 6) is 5.10. The van der Waals surface area contributed by atoms with E-state index < -0.39 is 8.03 Å². The Morgan fingerprint density at radius 3 is 2.82 bits per heavy atom. The normalized spacial score (nSPS) is 9.27. The summed E-state index contributed by atoms with van der Waals surface area (Å²) in [5.41, 5.74) is 2.46. The molecule has 0 aliphatic carbocycles. The van der Waals surface area contributed by atoms with E-state index in [1.165, 1.54) is 0 Å². The molecule has 1 unspecified atom stereocenters.